The van der Waals surface area contributed by atoms with Crippen molar-refractivity contribution in [1.82, 2.24) is 19.7 Å². The number of methoxy groups -OCH3 is 1. The Balaban J connectivity index is 1.71. The van der Waals surface area contributed by atoms with Crippen LogP contribution in [0, 0.1) is 5.82 Å². The molecular formula is C22H25FN6O3. The molecule has 1 aromatic carbocycles. The molecular weight excluding hydrogens is 415 g/mol. The molecule has 10 heteroatoms. The van der Waals surface area contributed by atoms with Gasteiger partial charge in [0.1, 0.15) is 28.6 Å². The van der Waals surface area contributed by atoms with Crippen molar-refractivity contribution in [2.24, 2.45) is 0 Å². The van der Waals surface area contributed by atoms with E-state index in [1.165, 1.54) is 6.07 Å². The van der Waals surface area contributed by atoms with E-state index in [0.29, 0.717) is 35.0 Å². The average molecular weight is 440 g/mol. The number of carbonyl (C=O) groups excluding carboxylic acids is 1. The lowest BCUT2D eigenvalue weighted by Gasteiger charge is -2.22. The first-order chi connectivity index (χ1) is 15.4. The second kappa shape index (κ2) is 8.54. The molecule has 1 atom stereocenters. The van der Waals surface area contributed by atoms with Crippen LogP contribution in [0.4, 0.5) is 16.0 Å². The van der Waals surface area contributed by atoms with E-state index in [9.17, 15) is 9.18 Å². The summed E-state index contributed by atoms with van der Waals surface area (Å²) in [5.74, 6) is 0.258. The maximum Gasteiger partial charge on any atom is 0.318 e. The summed E-state index contributed by atoms with van der Waals surface area (Å²) in [4.78, 5) is 21.5. The van der Waals surface area contributed by atoms with Gasteiger partial charge in [0.05, 0.1) is 31.0 Å². The summed E-state index contributed by atoms with van der Waals surface area (Å²) in [6.07, 6.45) is 0. The fourth-order valence-electron chi connectivity index (χ4n) is 3.83. The van der Waals surface area contributed by atoms with Crippen LogP contribution < -0.4 is 11.1 Å². The zero-order chi connectivity index (χ0) is 22.9. The summed E-state index contributed by atoms with van der Waals surface area (Å²) in [7, 11) is 1.57. The highest BCUT2D eigenvalue weighted by Gasteiger charge is 2.46. The molecule has 168 valence electrons. The van der Waals surface area contributed by atoms with Gasteiger partial charge in [-0.2, -0.15) is 5.10 Å². The first-order valence-corrected chi connectivity index (χ1v) is 10.3. The Kier molecular flexibility index (Phi) is 5.79. The standard InChI is InChI=1S/C22H25FN6O3/c1-4-32-21(30)22(2)12-25-20-17(22)18(24)26-19(27-20)16-9-14(11-31-3)29(28-16)10-13-7-5-6-8-15(13)23/h5-9H,4,10-12H2,1-3H3,(H3,24,25,26,27). The van der Waals surface area contributed by atoms with Crippen molar-refractivity contribution in [2.75, 3.05) is 31.3 Å². The van der Waals surface area contributed by atoms with E-state index < -0.39 is 5.41 Å². The fraction of sp³-hybridized carbons (Fsp3) is 0.364. The number of rotatable bonds is 7. The molecule has 0 bridgehead atoms. The second-order valence-electron chi connectivity index (χ2n) is 7.77. The number of anilines is 2. The zero-order valence-corrected chi connectivity index (χ0v) is 18.2. The highest BCUT2D eigenvalue weighted by molar-refractivity contribution is 5.90. The Morgan fingerprint density at radius 1 is 1.34 bits per heavy atom. The Hall–Kier alpha value is -3.53. The SMILES string of the molecule is CCOC(=O)C1(C)CNc2nc(-c3cc(COC)n(Cc4ccccc4F)n3)nc(N)c21. The highest BCUT2D eigenvalue weighted by Crippen LogP contribution is 2.40. The molecule has 32 heavy (non-hydrogen) atoms. The maximum absolute atomic E-state index is 14.2. The summed E-state index contributed by atoms with van der Waals surface area (Å²) in [6, 6.07) is 8.31. The largest absolute Gasteiger partial charge is 0.465 e. The van der Waals surface area contributed by atoms with Gasteiger partial charge in [-0.3, -0.25) is 9.48 Å². The molecule has 1 aliphatic rings. The van der Waals surface area contributed by atoms with Crippen LogP contribution >= 0.6 is 0 Å². The summed E-state index contributed by atoms with van der Waals surface area (Å²) in [5, 5.41) is 7.71. The molecule has 0 saturated heterocycles. The van der Waals surface area contributed by atoms with Gasteiger partial charge >= 0.3 is 5.97 Å². The molecule has 0 aliphatic carbocycles. The number of fused-ring (bicyclic) bond motifs is 1. The summed E-state index contributed by atoms with van der Waals surface area (Å²) in [5.41, 5.74) is 7.50. The number of aromatic nitrogens is 4. The number of nitrogen functional groups attached to an aromatic ring is 1. The monoisotopic (exact) mass is 440 g/mol. The quantitative estimate of drug-likeness (QED) is 0.538. The first-order valence-electron chi connectivity index (χ1n) is 10.3. The van der Waals surface area contributed by atoms with Gasteiger partial charge in [0.25, 0.3) is 0 Å². The predicted molar refractivity (Wildman–Crippen MR) is 116 cm³/mol. The van der Waals surface area contributed by atoms with Gasteiger partial charge in [-0.25, -0.2) is 14.4 Å². The number of esters is 1. The van der Waals surface area contributed by atoms with E-state index in [2.05, 4.69) is 20.4 Å². The molecule has 4 rings (SSSR count). The van der Waals surface area contributed by atoms with E-state index in [4.69, 9.17) is 15.2 Å². The highest BCUT2D eigenvalue weighted by atomic mass is 19.1. The van der Waals surface area contributed by atoms with Crippen LogP contribution in [-0.4, -0.2) is 46.0 Å². The van der Waals surface area contributed by atoms with Crippen molar-refractivity contribution in [1.29, 1.82) is 0 Å². The van der Waals surface area contributed by atoms with Crippen molar-refractivity contribution in [3.8, 4) is 11.5 Å². The van der Waals surface area contributed by atoms with Crippen molar-refractivity contribution in [3.63, 3.8) is 0 Å². The summed E-state index contributed by atoms with van der Waals surface area (Å²) in [6.45, 7) is 4.59. The van der Waals surface area contributed by atoms with Crippen molar-refractivity contribution in [3.05, 3.63) is 53.0 Å². The average Bonchev–Trinajstić information content (AvgIpc) is 3.32. The van der Waals surface area contributed by atoms with Gasteiger partial charge in [-0.05, 0) is 26.0 Å². The molecule has 0 fully saturated rings. The smallest absolute Gasteiger partial charge is 0.318 e. The summed E-state index contributed by atoms with van der Waals surface area (Å²) >= 11 is 0. The number of halogens is 1. The van der Waals surface area contributed by atoms with E-state index in [1.807, 2.05) is 0 Å². The van der Waals surface area contributed by atoms with Crippen LogP contribution in [0.5, 0.6) is 0 Å². The predicted octanol–water partition coefficient (Wildman–Crippen LogP) is 2.50. The van der Waals surface area contributed by atoms with Crippen LogP contribution in [0.1, 0.15) is 30.7 Å². The Morgan fingerprint density at radius 3 is 2.84 bits per heavy atom. The van der Waals surface area contributed by atoms with Gasteiger partial charge in [0.2, 0.25) is 0 Å². The number of nitrogens with two attached hydrogens (primary N) is 1. The number of benzene rings is 1. The molecule has 0 spiro atoms. The molecule has 3 aromatic rings. The molecule has 0 saturated carbocycles. The number of hydrogen-bond donors (Lipinski definition) is 2. The lowest BCUT2D eigenvalue weighted by atomic mass is 9.85. The fourth-order valence-corrected chi connectivity index (χ4v) is 3.83. The molecule has 0 radical (unpaired) electrons. The summed E-state index contributed by atoms with van der Waals surface area (Å²) < 4.78 is 26.3. The first kappa shape index (κ1) is 21.7. The molecule has 3 heterocycles. The van der Waals surface area contributed by atoms with Gasteiger partial charge in [-0.15, -0.1) is 0 Å². The second-order valence-corrected chi connectivity index (χ2v) is 7.77. The van der Waals surface area contributed by atoms with Gasteiger partial charge < -0.3 is 20.5 Å². The lowest BCUT2D eigenvalue weighted by molar-refractivity contribution is -0.148. The lowest BCUT2D eigenvalue weighted by Crippen LogP contribution is -2.37. The number of nitrogens with one attached hydrogen (secondary N) is 1. The molecule has 2 aromatic heterocycles. The minimum absolute atomic E-state index is 0.183. The van der Waals surface area contributed by atoms with Gasteiger partial charge in [0.15, 0.2) is 5.82 Å². The third-order valence-corrected chi connectivity index (χ3v) is 5.49. The van der Waals surface area contributed by atoms with Crippen molar-refractivity contribution >= 4 is 17.6 Å². The van der Waals surface area contributed by atoms with Crippen LogP contribution in [0.15, 0.2) is 30.3 Å². The molecule has 0 amide bonds. The van der Waals surface area contributed by atoms with E-state index in [1.54, 1.807) is 49.9 Å². The topological polar surface area (TPSA) is 117 Å². The van der Waals surface area contributed by atoms with E-state index in [-0.39, 0.29) is 37.4 Å². The Bertz CT molecular complexity index is 1160. The molecule has 1 aliphatic heterocycles. The van der Waals surface area contributed by atoms with Crippen molar-refractivity contribution < 1.29 is 18.7 Å². The number of ether oxygens (including phenoxy) is 2. The third kappa shape index (κ3) is 3.77. The van der Waals surface area contributed by atoms with Gasteiger partial charge in [0, 0.05) is 19.2 Å². The minimum atomic E-state index is -0.973. The van der Waals surface area contributed by atoms with Crippen LogP contribution in [0.3, 0.4) is 0 Å². The van der Waals surface area contributed by atoms with Gasteiger partial charge in [-0.1, -0.05) is 18.2 Å². The van der Waals surface area contributed by atoms with Crippen LogP contribution in [0.25, 0.3) is 11.5 Å². The minimum Gasteiger partial charge on any atom is -0.465 e. The Labute approximate surface area is 184 Å². The van der Waals surface area contributed by atoms with Crippen molar-refractivity contribution in [2.45, 2.75) is 32.4 Å². The number of carbonyl (C=O) groups is 1. The number of hydrogen-bond acceptors (Lipinski definition) is 8. The third-order valence-electron chi connectivity index (χ3n) is 5.49. The molecule has 9 nitrogen and oxygen atoms in total. The molecule has 3 N–H and O–H groups in total. The Morgan fingerprint density at radius 2 is 2.12 bits per heavy atom. The normalized spacial score (nSPS) is 17.1. The molecule has 1 unspecified atom stereocenters. The maximum atomic E-state index is 14.2. The number of nitrogens with zero attached hydrogens (tertiary/aromatic N) is 4. The van der Waals surface area contributed by atoms with E-state index in [0.717, 1.165) is 5.69 Å². The van der Waals surface area contributed by atoms with Crippen LogP contribution in [-0.2, 0) is 32.8 Å². The van der Waals surface area contributed by atoms with E-state index >= 15 is 0 Å². The zero-order valence-electron chi connectivity index (χ0n) is 18.2. The van der Waals surface area contributed by atoms with Crippen LogP contribution in [0.2, 0.25) is 0 Å².